The van der Waals surface area contributed by atoms with Crippen LogP contribution in [0.4, 0.5) is 0 Å². The van der Waals surface area contributed by atoms with Crippen LogP contribution in [0.15, 0.2) is 16.8 Å². The Hall–Kier alpha value is -1.89. The molecule has 2 N–H and O–H groups in total. The highest BCUT2D eigenvalue weighted by Crippen LogP contribution is 2.06. The largest absolute Gasteiger partial charge is 0.455 e. The number of carbonyl (C=O) groups is 3. The van der Waals surface area contributed by atoms with Crippen molar-refractivity contribution >= 4 is 29.1 Å². The van der Waals surface area contributed by atoms with Crippen LogP contribution in [0.3, 0.4) is 0 Å². The van der Waals surface area contributed by atoms with Crippen molar-refractivity contribution < 1.29 is 19.1 Å². The summed E-state index contributed by atoms with van der Waals surface area (Å²) in [5, 5.41) is 8.71. The fourth-order valence-corrected chi connectivity index (χ4v) is 1.98. The van der Waals surface area contributed by atoms with E-state index in [1.54, 1.807) is 0 Å². The number of hydrogen-bond donors (Lipinski definition) is 2. The number of rotatable bonds is 8. The van der Waals surface area contributed by atoms with Gasteiger partial charge in [-0.1, -0.05) is 6.92 Å². The van der Waals surface area contributed by atoms with E-state index >= 15 is 0 Å². The summed E-state index contributed by atoms with van der Waals surface area (Å²) in [7, 11) is 0. The van der Waals surface area contributed by atoms with Crippen molar-refractivity contribution in [3.05, 3.63) is 22.4 Å². The van der Waals surface area contributed by atoms with Crippen LogP contribution in [0.5, 0.6) is 0 Å². The lowest BCUT2D eigenvalue weighted by Gasteiger charge is -2.06. The van der Waals surface area contributed by atoms with Crippen molar-refractivity contribution in [2.75, 3.05) is 19.7 Å². The summed E-state index contributed by atoms with van der Waals surface area (Å²) in [6.07, 6.45) is 0.980. The summed E-state index contributed by atoms with van der Waals surface area (Å²) < 4.78 is 4.81. The Kier molecular flexibility index (Phi) is 7.34. The van der Waals surface area contributed by atoms with Gasteiger partial charge in [0.2, 0.25) is 5.91 Å². The maximum atomic E-state index is 11.4. The van der Waals surface area contributed by atoms with Gasteiger partial charge in [-0.2, -0.15) is 11.3 Å². The van der Waals surface area contributed by atoms with Gasteiger partial charge in [0.15, 0.2) is 6.61 Å². The molecule has 0 aliphatic heterocycles. The molecular formula is C13H18N2O4S. The summed E-state index contributed by atoms with van der Waals surface area (Å²) >= 11 is 1.49. The van der Waals surface area contributed by atoms with E-state index in [9.17, 15) is 14.4 Å². The Labute approximate surface area is 121 Å². The average molecular weight is 298 g/mol. The van der Waals surface area contributed by atoms with Crippen molar-refractivity contribution in [3.8, 4) is 0 Å². The number of nitrogens with one attached hydrogen (secondary N) is 2. The molecule has 1 aromatic heterocycles. The minimum Gasteiger partial charge on any atom is -0.455 e. The number of ether oxygens (including phenoxy) is 1. The Morgan fingerprint density at radius 2 is 2.05 bits per heavy atom. The van der Waals surface area contributed by atoms with E-state index in [0.29, 0.717) is 6.54 Å². The summed E-state index contributed by atoms with van der Waals surface area (Å²) in [6.45, 7) is 2.03. The van der Waals surface area contributed by atoms with E-state index in [1.807, 2.05) is 23.8 Å². The number of hydrogen-bond acceptors (Lipinski definition) is 5. The number of amides is 2. The first-order valence-corrected chi connectivity index (χ1v) is 7.26. The first-order chi connectivity index (χ1) is 9.61. The van der Waals surface area contributed by atoms with Gasteiger partial charge in [0, 0.05) is 6.54 Å². The predicted molar refractivity (Wildman–Crippen MR) is 75.3 cm³/mol. The third kappa shape index (κ3) is 6.89. The Morgan fingerprint density at radius 1 is 1.25 bits per heavy atom. The molecule has 0 unspecified atom stereocenters. The summed E-state index contributed by atoms with van der Waals surface area (Å²) in [5.41, 5.74) is 0.861. The number of carbonyl (C=O) groups excluding carboxylic acids is 3. The van der Waals surface area contributed by atoms with Gasteiger partial charge in [0.1, 0.15) is 0 Å². The Morgan fingerprint density at radius 3 is 2.70 bits per heavy atom. The van der Waals surface area contributed by atoms with Gasteiger partial charge in [0.05, 0.1) is 13.0 Å². The van der Waals surface area contributed by atoms with Crippen molar-refractivity contribution in [1.29, 1.82) is 0 Å². The fraction of sp³-hybridized carbons (Fsp3) is 0.462. The van der Waals surface area contributed by atoms with E-state index < -0.39 is 11.9 Å². The zero-order chi connectivity index (χ0) is 14.8. The molecule has 6 nitrogen and oxygen atoms in total. The van der Waals surface area contributed by atoms with Crippen molar-refractivity contribution in [2.24, 2.45) is 0 Å². The molecule has 0 atom stereocenters. The molecule has 1 heterocycles. The highest BCUT2D eigenvalue weighted by molar-refractivity contribution is 7.07. The Balaban J connectivity index is 2.13. The van der Waals surface area contributed by atoms with Crippen LogP contribution in [-0.2, 0) is 25.5 Å². The highest BCUT2D eigenvalue weighted by atomic mass is 32.1. The van der Waals surface area contributed by atoms with Crippen LogP contribution >= 0.6 is 11.3 Å². The molecule has 0 aromatic carbocycles. The van der Waals surface area contributed by atoms with Crippen LogP contribution in [0.1, 0.15) is 18.9 Å². The lowest BCUT2D eigenvalue weighted by molar-refractivity contribution is -0.147. The van der Waals surface area contributed by atoms with Gasteiger partial charge < -0.3 is 15.4 Å². The zero-order valence-corrected chi connectivity index (χ0v) is 12.1. The van der Waals surface area contributed by atoms with Gasteiger partial charge in [0.25, 0.3) is 5.91 Å². The molecular weight excluding hydrogens is 280 g/mol. The van der Waals surface area contributed by atoms with Gasteiger partial charge >= 0.3 is 5.97 Å². The summed E-state index contributed by atoms with van der Waals surface area (Å²) in [5.74, 6) is -1.21. The minimum absolute atomic E-state index is 0.110. The molecule has 0 fully saturated rings. The third-order valence-electron chi connectivity index (χ3n) is 2.31. The van der Waals surface area contributed by atoms with E-state index in [2.05, 4.69) is 10.6 Å². The number of thiophene rings is 1. The zero-order valence-electron chi connectivity index (χ0n) is 11.3. The van der Waals surface area contributed by atoms with Crippen molar-refractivity contribution in [3.63, 3.8) is 0 Å². The minimum atomic E-state index is -0.490. The van der Waals surface area contributed by atoms with Gasteiger partial charge in [-0.15, -0.1) is 0 Å². The lowest BCUT2D eigenvalue weighted by Crippen LogP contribution is -2.39. The second-order valence-electron chi connectivity index (χ2n) is 4.10. The average Bonchev–Trinajstić information content (AvgIpc) is 2.93. The molecule has 7 heteroatoms. The highest BCUT2D eigenvalue weighted by Gasteiger charge is 2.09. The van der Waals surface area contributed by atoms with Crippen molar-refractivity contribution in [1.82, 2.24) is 10.6 Å². The number of esters is 1. The molecule has 0 spiro atoms. The maximum absolute atomic E-state index is 11.4. The van der Waals surface area contributed by atoms with Crippen LogP contribution < -0.4 is 10.6 Å². The van der Waals surface area contributed by atoms with E-state index in [4.69, 9.17) is 4.74 Å². The normalized spacial score (nSPS) is 9.85. The molecule has 0 radical (unpaired) electrons. The van der Waals surface area contributed by atoms with Gasteiger partial charge in [-0.25, -0.2) is 0 Å². The standard InChI is InChI=1S/C13H18N2O4S/c1-2-4-14-11(16)7-15-12(17)8-19-13(18)6-10-3-5-20-9-10/h3,5,9H,2,4,6-8H2,1H3,(H,14,16)(H,15,17). The second-order valence-corrected chi connectivity index (χ2v) is 4.88. The van der Waals surface area contributed by atoms with E-state index in [-0.39, 0.29) is 25.5 Å². The molecule has 0 bridgehead atoms. The molecule has 1 rings (SSSR count). The maximum Gasteiger partial charge on any atom is 0.310 e. The molecule has 0 saturated heterocycles. The van der Waals surface area contributed by atoms with Gasteiger partial charge in [-0.05, 0) is 28.8 Å². The molecule has 1 aromatic rings. The van der Waals surface area contributed by atoms with Gasteiger partial charge in [-0.3, -0.25) is 14.4 Å². The lowest BCUT2D eigenvalue weighted by atomic mass is 10.2. The van der Waals surface area contributed by atoms with Crippen LogP contribution in [0.2, 0.25) is 0 Å². The van der Waals surface area contributed by atoms with Crippen LogP contribution in [-0.4, -0.2) is 37.5 Å². The Bertz CT molecular complexity index is 445. The van der Waals surface area contributed by atoms with E-state index in [0.717, 1.165) is 12.0 Å². The van der Waals surface area contributed by atoms with E-state index in [1.165, 1.54) is 11.3 Å². The molecule has 0 aliphatic carbocycles. The molecule has 0 saturated carbocycles. The SMILES string of the molecule is CCCNC(=O)CNC(=O)COC(=O)Cc1ccsc1. The monoisotopic (exact) mass is 298 g/mol. The first kappa shape index (κ1) is 16.2. The summed E-state index contributed by atoms with van der Waals surface area (Å²) in [4.78, 5) is 34.0. The summed E-state index contributed by atoms with van der Waals surface area (Å²) in [6, 6.07) is 1.82. The molecule has 20 heavy (non-hydrogen) atoms. The van der Waals surface area contributed by atoms with Crippen LogP contribution in [0, 0.1) is 0 Å². The topological polar surface area (TPSA) is 84.5 Å². The molecule has 0 aliphatic rings. The van der Waals surface area contributed by atoms with Crippen LogP contribution in [0.25, 0.3) is 0 Å². The van der Waals surface area contributed by atoms with Crippen molar-refractivity contribution in [2.45, 2.75) is 19.8 Å². The third-order valence-corrected chi connectivity index (χ3v) is 3.04. The molecule has 110 valence electrons. The molecule has 2 amide bonds. The smallest absolute Gasteiger partial charge is 0.310 e. The first-order valence-electron chi connectivity index (χ1n) is 6.32. The predicted octanol–water partition coefficient (Wildman–Crippen LogP) is 0.476. The quantitative estimate of drug-likeness (QED) is 0.684. The second kappa shape index (κ2) is 9.08. The fourth-order valence-electron chi connectivity index (χ4n) is 1.31.